The van der Waals surface area contributed by atoms with Crippen LogP contribution in [0, 0.1) is 0 Å². The zero-order valence-corrected chi connectivity index (χ0v) is 13.3. The standard InChI is InChI=1S/C14H21NO3S2/c1-2-14-9-15(6-7-19-14)20(17,18)11-13-5-3-4-12(8-13)10-16/h3-5,8,14,16H,2,6-7,9-11H2,1H3. The molecule has 1 fully saturated rings. The van der Waals surface area contributed by atoms with E-state index in [4.69, 9.17) is 5.11 Å². The summed E-state index contributed by atoms with van der Waals surface area (Å²) in [6, 6.07) is 7.14. The van der Waals surface area contributed by atoms with Gasteiger partial charge in [-0.15, -0.1) is 0 Å². The maximum Gasteiger partial charge on any atom is 0.218 e. The number of hydrogen-bond acceptors (Lipinski definition) is 4. The Morgan fingerprint density at radius 1 is 1.40 bits per heavy atom. The number of aliphatic hydroxyl groups is 1. The smallest absolute Gasteiger partial charge is 0.218 e. The molecule has 0 aliphatic carbocycles. The minimum Gasteiger partial charge on any atom is -0.392 e. The minimum atomic E-state index is -3.27. The van der Waals surface area contributed by atoms with Gasteiger partial charge in [0.15, 0.2) is 0 Å². The molecule has 0 aromatic heterocycles. The van der Waals surface area contributed by atoms with E-state index in [-0.39, 0.29) is 12.4 Å². The lowest BCUT2D eigenvalue weighted by atomic mass is 10.1. The molecule has 1 unspecified atom stereocenters. The number of hydrogen-bond donors (Lipinski definition) is 1. The van der Waals surface area contributed by atoms with Gasteiger partial charge in [-0.2, -0.15) is 16.1 Å². The zero-order chi connectivity index (χ0) is 14.6. The number of rotatable bonds is 5. The molecule has 0 saturated carbocycles. The summed E-state index contributed by atoms with van der Waals surface area (Å²) in [5.74, 6) is 0.885. The lowest BCUT2D eigenvalue weighted by Crippen LogP contribution is -2.42. The molecule has 0 radical (unpaired) electrons. The van der Waals surface area contributed by atoms with E-state index in [0.717, 1.165) is 23.3 Å². The van der Waals surface area contributed by atoms with E-state index < -0.39 is 10.0 Å². The Kier molecular flexibility index (Phi) is 5.49. The summed E-state index contributed by atoms with van der Waals surface area (Å²) in [7, 11) is -3.27. The molecule has 1 aliphatic heterocycles. The summed E-state index contributed by atoms with van der Waals surface area (Å²) < 4.78 is 26.6. The average Bonchev–Trinajstić information content (AvgIpc) is 2.47. The number of aliphatic hydroxyl groups excluding tert-OH is 1. The number of benzene rings is 1. The molecular formula is C14H21NO3S2. The summed E-state index contributed by atoms with van der Waals surface area (Å²) in [5.41, 5.74) is 1.49. The van der Waals surface area contributed by atoms with Gasteiger partial charge in [0.25, 0.3) is 0 Å². The van der Waals surface area contributed by atoms with Crippen molar-refractivity contribution in [3.8, 4) is 0 Å². The highest BCUT2D eigenvalue weighted by Crippen LogP contribution is 2.24. The molecule has 1 heterocycles. The fourth-order valence-electron chi connectivity index (χ4n) is 2.31. The third kappa shape index (κ3) is 3.97. The maximum absolute atomic E-state index is 12.5. The fraction of sp³-hybridized carbons (Fsp3) is 0.571. The molecule has 1 aromatic rings. The van der Waals surface area contributed by atoms with Crippen molar-refractivity contribution < 1.29 is 13.5 Å². The molecule has 0 spiro atoms. The Morgan fingerprint density at radius 2 is 2.15 bits per heavy atom. The molecule has 1 aliphatic rings. The van der Waals surface area contributed by atoms with Crippen molar-refractivity contribution in [2.24, 2.45) is 0 Å². The van der Waals surface area contributed by atoms with Crippen LogP contribution in [0.1, 0.15) is 24.5 Å². The second kappa shape index (κ2) is 6.93. The van der Waals surface area contributed by atoms with E-state index in [2.05, 4.69) is 6.92 Å². The highest BCUT2D eigenvalue weighted by Gasteiger charge is 2.28. The second-order valence-corrected chi connectivity index (χ2v) is 8.37. The number of sulfonamides is 1. The van der Waals surface area contributed by atoms with Crippen molar-refractivity contribution in [2.75, 3.05) is 18.8 Å². The van der Waals surface area contributed by atoms with E-state index in [0.29, 0.717) is 18.3 Å². The van der Waals surface area contributed by atoms with Crippen LogP contribution >= 0.6 is 11.8 Å². The van der Waals surface area contributed by atoms with Crippen LogP contribution in [0.2, 0.25) is 0 Å². The first-order chi connectivity index (χ1) is 9.55. The predicted molar refractivity (Wildman–Crippen MR) is 83.1 cm³/mol. The Labute approximate surface area is 125 Å². The fourth-order valence-corrected chi connectivity index (χ4v) is 5.26. The summed E-state index contributed by atoms with van der Waals surface area (Å²) in [6.07, 6.45) is 0.997. The largest absolute Gasteiger partial charge is 0.392 e. The van der Waals surface area contributed by atoms with Crippen LogP contribution in [0.4, 0.5) is 0 Å². The van der Waals surface area contributed by atoms with E-state index in [1.807, 2.05) is 11.8 Å². The molecule has 112 valence electrons. The number of nitrogens with zero attached hydrogens (tertiary/aromatic N) is 1. The minimum absolute atomic E-state index is 0.0158. The lowest BCUT2D eigenvalue weighted by molar-refractivity contribution is 0.281. The van der Waals surface area contributed by atoms with Crippen molar-refractivity contribution in [3.63, 3.8) is 0 Å². The summed E-state index contributed by atoms with van der Waals surface area (Å²) >= 11 is 1.86. The Morgan fingerprint density at radius 3 is 2.85 bits per heavy atom. The lowest BCUT2D eigenvalue weighted by Gasteiger charge is -2.31. The van der Waals surface area contributed by atoms with Crippen molar-refractivity contribution in [2.45, 2.75) is 31.0 Å². The molecule has 6 heteroatoms. The third-order valence-electron chi connectivity index (χ3n) is 3.47. The first kappa shape index (κ1) is 15.8. The summed E-state index contributed by atoms with van der Waals surface area (Å²) in [4.78, 5) is 0. The van der Waals surface area contributed by atoms with Crippen LogP contribution in [0.15, 0.2) is 24.3 Å². The molecule has 0 amide bonds. The first-order valence-electron chi connectivity index (χ1n) is 6.83. The third-order valence-corrected chi connectivity index (χ3v) is 6.66. The molecule has 4 nitrogen and oxygen atoms in total. The number of thioether (sulfide) groups is 1. The second-order valence-electron chi connectivity index (χ2n) is 4.99. The van der Waals surface area contributed by atoms with Gasteiger partial charge in [0.2, 0.25) is 10.0 Å². The molecule has 1 aromatic carbocycles. The quantitative estimate of drug-likeness (QED) is 0.901. The Balaban J connectivity index is 2.10. The predicted octanol–water partition coefficient (Wildman–Crippen LogP) is 1.84. The van der Waals surface area contributed by atoms with Crippen molar-refractivity contribution in [3.05, 3.63) is 35.4 Å². The average molecular weight is 315 g/mol. The van der Waals surface area contributed by atoms with E-state index in [1.165, 1.54) is 0 Å². The van der Waals surface area contributed by atoms with Gasteiger partial charge in [-0.25, -0.2) is 8.42 Å². The van der Waals surface area contributed by atoms with Gasteiger partial charge >= 0.3 is 0 Å². The van der Waals surface area contributed by atoms with Gasteiger partial charge < -0.3 is 5.11 Å². The highest BCUT2D eigenvalue weighted by molar-refractivity contribution is 8.00. The van der Waals surface area contributed by atoms with Gasteiger partial charge in [0, 0.05) is 24.1 Å². The van der Waals surface area contributed by atoms with Crippen LogP contribution in [0.3, 0.4) is 0 Å². The molecule has 1 saturated heterocycles. The van der Waals surface area contributed by atoms with Crippen LogP contribution in [-0.2, 0) is 22.4 Å². The van der Waals surface area contributed by atoms with Crippen molar-refractivity contribution in [1.82, 2.24) is 4.31 Å². The van der Waals surface area contributed by atoms with Gasteiger partial charge in [-0.05, 0) is 17.5 Å². The first-order valence-corrected chi connectivity index (χ1v) is 9.49. The van der Waals surface area contributed by atoms with E-state index in [1.54, 1.807) is 28.6 Å². The Bertz CT molecular complexity index is 545. The zero-order valence-electron chi connectivity index (χ0n) is 11.7. The maximum atomic E-state index is 12.5. The van der Waals surface area contributed by atoms with E-state index in [9.17, 15) is 8.42 Å². The summed E-state index contributed by atoms with van der Waals surface area (Å²) in [6.45, 7) is 3.25. The molecule has 2 rings (SSSR count). The molecule has 1 atom stereocenters. The van der Waals surface area contributed by atoms with Gasteiger partial charge in [-0.1, -0.05) is 31.2 Å². The monoisotopic (exact) mass is 315 g/mol. The topological polar surface area (TPSA) is 57.6 Å². The normalized spacial score (nSPS) is 21.0. The van der Waals surface area contributed by atoms with Gasteiger partial charge in [0.05, 0.1) is 12.4 Å². The van der Waals surface area contributed by atoms with Crippen molar-refractivity contribution >= 4 is 21.8 Å². The van der Waals surface area contributed by atoms with Crippen LogP contribution in [0.25, 0.3) is 0 Å². The SMILES string of the molecule is CCC1CN(S(=O)(=O)Cc2cccc(CO)c2)CCS1. The van der Waals surface area contributed by atoms with Crippen LogP contribution in [0.5, 0.6) is 0 Å². The van der Waals surface area contributed by atoms with E-state index >= 15 is 0 Å². The molecular weight excluding hydrogens is 294 g/mol. The molecule has 20 heavy (non-hydrogen) atoms. The Hall–Kier alpha value is -0.560. The highest BCUT2D eigenvalue weighted by atomic mass is 32.2. The van der Waals surface area contributed by atoms with Gasteiger partial charge in [-0.3, -0.25) is 0 Å². The van der Waals surface area contributed by atoms with Gasteiger partial charge in [0.1, 0.15) is 0 Å². The molecule has 1 N–H and O–H groups in total. The van der Waals surface area contributed by atoms with Crippen molar-refractivity contribution in [1.29, 1.82) is 0 Å². The van der Waals surface area contributed by atoms with Crippen LogP contribution in [-0.4, -0.2) is 41.9 Å². The summed E-state index contributed by atoms with van der Waals surface area (Å²) in [5, 5.41) is 9.52. The molecule has 0 bridgehead atoms. The van der Waals surface area contributed by atoms with Crippen LogP contribution < -0.4 is 0 Å².